The molecule has 1 N–H and O–H groups in total. The van der Waals surface area contributed by atoms with E-state index in [1.807, 2.05) is 32.4 Å². The van der Waals surface area contributed by atoms with Crippen molar-refractivity contribution >= 4 is 35.5 Å². The number of thiophene rings is 1. The summed E-state index contributed by atoms with van der Waals surface area (Å²) in [6.45, 7) is 4.43. The molecule has 1 aliphatic rings. The van der Waals surface area contributed by atoms with Crippen LogP contribution in [0.15, 0.2) is 22.9 Å². The van der Waals surface area contributed by atoms with Gasteiger partial charge in [-0.1, -0.05) is 0 Å². The Morgan fingerprint density at radius 1 is 1.52 bits per heavy atom. The summed E-state index contributed by atoms with van der Waals surface area (Å²) in [4.78, 5) is 14.2. The van der Waals surface area contributed by atoms with Gasteiger partial charge in [0.25, 0.3) is 0 Å². The van der Waals surface area contributed by atoms with Gasteiger partial charge in [0, 0.05) is 31.6 Å². The van der Waals surface area contributed by atoms with E-state index in [9.17, 15) is 4.79 Å². The van der Waals surface area contributed by atoms with Gasteiger partial charge >= 0.3 is 0 Å². The maximum Gasteiger partial charge on any atom is 0.246 e. The van der Waals surface area contributed by atoms with Crippen LogP contribution in [0.4, 0.5) is 0 Å². The third kappa shape index (κ3) is 3.61. The Kier molecular flexibility index (Phi) is 5.07. The Hall–Kier alpha value is -1.73. The Morgan fingerprint density at radius 2 is 2.30 bits per heavy atom. The quantitative estimate of drug-likeness (QED) is 0.680. The Labute approximate surface area is 144 Å². The highest BCUT2D eigenvalue weighted by atomic mass is 32.1. The van der Waals surface area contributed by atoms with E-state index in [4.69, 9.17) is 12.2 Å². The van der Waals surface area contributed by atoms with Gasteiger partial charge in [0.15, 0.2) is 4.77 Å². The first kappa shape index (κ1) is 16.1. The van der Waals surface area contributed by atoms with Crippen LogP contribution in [0.3, 0.4) is 0 Å². The predicted octanol–water partition coefficient (Wildman–Crippen LogP) is 3.44. The van der Waals surface area contributed by atoms with E-state index in [2.05, 4.69) is 17.1 Å². The molecule has 0 atom stereocenters. The second kappa shape index (κ2) is 7.23. The monoisotopic (exact) mass is 348 g/mol. The van der Waals surface area contributed by atoms with E-state index in [-0.39, 0.29) is 5.91 Å². The van der Waals surface area contributed by atoms with Gasteiger partial charge in [-0.15, -0.1) is 0 Å². The van der Waals surface area contributed by atoms with Crippen LogP contribution >= 0.6 is 23.6 Å². The first-order chi connectivity index (χ1) is 11.2. The van der Waals surface area contributed by atoms with E-state index in [0.717, 1.165) is 43.9 Å². The summed E-state index contributed by atoms with van der Waals surface area (Å²) in [5, 5.41) is 11.3. The number of nitrogens with zero attached hydrogens (tertiary/aromatic N) is 3. The number of carbonyl (C=O) groups is 1. The minimum atomic E-state index is 0.0870. The van der Waals surface area contributed by atoms with Gasteiger partial charge in [0.1, 0.15) is 5.82 Å². The standard InChI is InChI=1S/C16H20N4OS2/c1-2-20-15(17-18-16(20)22)13-5-8-19(9-6-13)14(21)4-3-12-7-10-23-11-12/h3-4,7,10-11,13H,2,5-6,8-9H2,1H3,(H,18,22)/b4-3+. The van der Waals surface area contributed by atoms with Crippen molar-refractivity contribution in [2.24, 2.45) is 0 Å². The fourth-order valence-corrected chi connectivity index (χ4v) is 3.84. The molecule has 3 heterocycles. The van der Waals surface area contributed by atoms with E-state index >= 15 is 0 Å². The molecule has 0 saturated carbocycles. The zero-order valence-electron chi connectivity index (χ0n) is 13.1. The topological polar surface area (TPSA) is 53.9 Å². The third-order valence-corrected chi connectivity index (χ3v) is 5.25. The lowest BCUT2D eigenvalue weighted by atomic mass is 9.96. The SMILES string of the molecule is CCn1c(C2CCN(C(=O)/C=C/c3ccsc3)CC2)n[nH]c1=S. The molecule has 0 spiro atoms. The number of amides is 1. The number of likely N-dealkylation sites (tertiary alicyclic amines) is 1. The van der Waals surface area contributed by atoms with Gasteiger partial charge in [0.2, 0.25) is 5.91 Å². The highest BCUT2D eigenvalue weighted by Crippen LogP contribution is 2.27. The van der Waals surface area contributed by atoms with Crippen molar-refractivity contribution < 1.29 is 4.79 Å². The first-order valence-electron chi connectivity index (χ1n) is 7.83. The molecule has 122 valence electrons. The van der Waals surface area contributed by atoms with Crippen molar-refractivity contribution in [3.8, 4) is 0 Å². The molecule has 0 aromatic carbocycles. The second-order valence-electron chi connectivity index (χ2n) is 5.62. The minimum absolute atomic E-state index is 0.0870. The normalized spacial score (nSPS) is 16.3. The number of aromatic nitrogens is 3. The molecule has 23 heavy (non-hydrogen) atoms. The molecule has 2 aromatic rings. The Balaban J connectivity index is 1.60. The van der Waals surface area contributed by atoms with Crippen LogP contribution in [0.2, 0.25) is 0 Å². The third-order valence-electron chi connectivity index (χ3n) is 4.24. The number of hydrogen-bond donors (Lipinski definition) is 1. The Morgan fingerprint density at radius 3 is 2.96 bits per heavy atom. The van der Waals surface area contributed by atoms with Crippen LogP contribution in [0.1, 0.15) is 37.1 Å². The number of aromatic amines is 1. The number of hydrogen-bond acceptors (Lipinski definition) is 4. The summed E-state index contributed by atoms with van der Waals surface area (Å²) in [5.74, 6) is 1.48. The molecular weight excluding hydrogens is 328 g/mol. The van der Waals surface area contributed by atoms with E-state index in [1.54, 1.807) is 17.4 Å². The number of piperidine rings is 1. The summed E-state index contributed by atoms with van der Waals surface area (Å²) < 4.78 is 2.73. The zero-order chi connectivity index (χ0) is 16.2. The molecule has 1 amide bonds. The number of carbonyl (C=O) groups excluding carboxylic acids is 1. The van der Waals surface area contributed by atoms with Crippen molar-refractivity contribution in [1.29, 1.82) is 0 Å². The summed E-state index contributed by atoms with van der Waals surface area (Å²) in [5.41, 5.74) is 1.08. The molecule has 0 unspecified atom stereocenters. The van der Waals surface area contributed by atoms with Crippen LogP contribution < -0.4 is 0 Å². The van der Waals surface area contributed by atoms with Crippen molar-refractivity contribution in [2.75, 3.05) is 13.1 Å². The molecule has 1 fully saturated rings. The molecule has 7 heteroatoms. The van der Waals surface area contributed by atoms with Crippen LogP contribution in [-0.4, -0.2) is 38.7 Å². The number of H-pyrrole nitrogens is 1. The van der Waals surface area contributed by atoms with Crippen LogP contribution in [-0.2, 0) is 11.3 Å². The van der Waals surface area contributed by atoms with Gasteiger partial charge in [-0.3, -0.25) is 9.89 Å². The molecule has 3 rings (SSSR count). The molecule has 0 radical (unpaired) electrons. The molecule has 1 aliphatic heterocycles. The van der Waals surface area contributed by atoms with Crippen molar-refractivity contribution in [1.82, 2.24) is 19.7 Å². The molecule has 2 aromatic heterocycles. The molecule has 5 nitrogen and oxygen atoms in total. The zero-order valence-corrected chi connectivity index (χ0v) is 14.7. The molecule has 0 aliphatic carbocycles. The van der Waals surface area contributed by atoms with Crippen LogP contribution in [0.5, 0.6) is 0 Å². The summed E-state index contributed by atoms with van der Waals surface area (Å²) >= 11 is 6.88. The highest BCUT2D eigenvalue weighted by molar-refractivity contribution is 7.71. The molecule has 0 bridgehead atoms. The first-order valence-corrected chi connectivity index (χ1v) is 9.18. The smallest absolute Gasteiger partial charge is 0.246 e. The maximum absolute atomic E-state index is 12.3. The van der Waals surface area contributed by atoms with Crippen molar-refractivity contribution in [2.45, 2.75) is 32.2 Å². The van der Waals surface area contributed by atoms with Crippen LogP contribution in [0.25, 0.3) is 6.08 Å². The average molecular weight is 348 g/mol. The molecule has 1 saturated heterocycles. The maximum atomic E-state index is 12.3. The highest BCUT2D eigenvalue weighted by Gasteiger charge is 2.26. The van der Waals surface area contributed by atoms with Gasteiger partial charge < -0.3 is 9.47 Å². The van der Waals surface area contributed by atoms with Crippen molar-refractivity contribution in [3.05, 3.63) is 39.1 Å². The lowest BCUT2D eigenvalue weighted by Crippen LogP contribution is -2.37. The van der Waals surface area contributed by atoms with Gasteiger partial charge in [-0.05, 0) is 60.4 Å². The van der Waals surface area contributed by atoms with Gasteiger partial charge in [-0.25, -0.2) is 0 Å². The van der Waals surface area contributed by atoms with Crippen molar-refractivity contribution in [3.63, 3.8) is 0 Å². The Bertz CT molecular complexity index is 736. The van der Waals surface area contributed by atoms with E-state index < -0.39 is 0 Å². The lowest BCUT2D eigenvalue weighted by molar-refractivity contribution is -0.127. The minimum Gasteiger partial charge on any atom is -0.339 e. The van der Waals surface area contributed by atoms with Gasteiger partial charge in [0.05, 0.1) is 0 Å². The fourth-order valence-electron chi connectivity index (χ4n) is 2.95. The predicted molar refractivity (Wildman–Crippen MR) is 95.0 cm³/mol. The summed E-state index contributed by atoms with van der Waals surface area (Å²) in [6.07, 6.45) is 5.41. The van der Waals surface area contributed by atoms with Gasteiger partial charge in [-0.2, -0.15) is 16.4 Å². The molecular formula is C16H20N4OS2. The summed E-state index contributed by atoms with van der Waals surface area (Å²) in [7, 11) is 0. The number of nitrogens with one attached hydrogen (secondary N) is 1. The summed E-state index contributed by atoms with van der Waals surface area (Å²) in [6, 6.07) is 2.01. The average Bonchev–Trinajstić information content (AvgIpc) is 3.22. The van der Waals surface area contributed by atoms with E-state index in [1.165, 1.54) is 0 Å². The fraction of sp³-hybridized carbons (Fsp3) is 0.438. The van der Waals surface area contributed by atoms with Crippen LogP contribution in [0, 0.1) is 4.77 Å². The lowest BCUT2D eigenvalue weighted by Gasteiger charge is -2.30. The number of rotatable bonds is 4. The van der Waals surface area contributed by atoms with E-state index in [0.29, 0.717) is 10.7 Å². The second-order valence-corrected chi connectivity index (χ2v) is 6.79. The largest absolute Gasteiger partial charge is 0.339 e.